The third-order valence-electron chi connectivity index (χ3n) is 3.35. The van der Waals surface area contributed by atoms with Crippen molar-refractivity contribution >= 4 is 23.5 Å². The molecule has 23 heavy (non-hydrogen) atoms. The fraction of sp³-hybridized carbons (Fsp3) is 0.222. The summed E-state index contributed by atoms with van der Waals surface area (Å²) in [6.45, 7) is 3.73. The van der Waals surface area contributed by atoms with E-state index < -0.39 is 5.97 Å². The molecule has 0 bridgehead atoms. The van der Waals surface area contributed by atoms with Crippen molar-refractivity contribution in [2.45, 2.75) is 20.3 Å². The van der Waals surface area contributed by atoms with E-state index >= 15 is 0 Å². The van der Waals surface area contributed by atoms with E-state index in [9.17, 15) is 9.59 Å². The number of rotatable bonds is 5. The second-order valence-corrected chi connectivity index (χ2v) is 5.53. The summed E-state index contributed by atoms with van der Waals surface area (Å²) in [6, 6.07) is 12.8. The van der Waals surface area contributed by atoms with Gasteiger partial charge in [-0.25, -0.2) is 4.79 Å². The molecule has 0 spiro atoms. The predicted octanol–water partition coefficient (Wildman–Crippen LogP) is 4.51. The zero-order valence-corrected chi connectivity index (χ0v) is 13.7. The summed E-state index contributed by atoms with van der Waals surface area (Å²) in [6.07, 6.45) is 0.718. The number of hydrogen-bond acceptors (Lipinski definition) is 4. The summed E-state index contributed by atoms with van der Waals surface area (Å²) >= 11 is 5.77. The third-order valence-corrected chi connectivity index (χ3v) is 3.60. The molecular weight excluding hydrogens is 316 g/mol. The summed E-state index contributed by atoms with van der Waals surface area (Å²) in [5.74, 6) is -0.128. The van der Waals surface area contributed by atoms with E-state index in [0.29, 0.717) is 22.1 Å². The van der Waals surface area contributed by atoms with E-state index in [0.717, 1.165) is 6.42 Å². The van der Waals surface area contributed by atoms with Crippen LogP contribution in [0, 0.1) is 5.92 Å². The van der Waals surface area contributed by atoms with Crippen LogP contribution in [0.3, 0.4) is 0 Å². The molecule has 2 rings (SSSR count). The molecule has 0 heterocycles. The molecule has 0 amide bonds. The van der Waals surface area contributed by atoms with Crippen molar-refractivity contribution < 1.29 is 19.1 Å². The minimum atomic E-state index is -0.481. The lowest BCUT2D eigenvalue weighted by atomic mass is 10.1. The van der Waals surface area contributed by atoms with Crippen LogP contribution in [0.15, 0.2) is 48.5 Å². The van der Waals surface area contributed by atoms with Crippen molar-refractivity contribution in [2.24, 2.45) is 5.92 Å². The summed E-state index contributed by atoms with van der Waals surface area (Å²) in [7, 11) is 0. The van der Waals surface area contributed by atoms with Crippen LogP contribution in [0.5, 0.6) is 11.5 Å². The number of ether oxygens (including phenoxy) is 2. The number of carbonyl (C=O) groups is 2. The molecule has 0 fully saturated rings. The second kappa shape index (κ2) is 7.79. The Morgan fingerprint density at radius 3 is 2.00 bits per heavy atom. The quantitative estimate of drug-likeness (QED) is 0.597. The highest BCUT2D eigenvalue weighted by molar-refractivity contribution is 6.30. The van der Waals surface area contributed by atoms with Gasteiger partial charge in [-0.3, -0.25) is 4.79 Å². The van der Waals surface area contributed by atoms with E-state index in [1.807, 2.05) is 13.8 Å². The van der Waals surface area contributed by atoms with Gasteiger partial charge in [-0.15, -0.1) is 0 Å². The summed E-state index contributed by atoms with van der Waals surface area (Å²) < 4.78 is 10.5. The smallest absolute Gasteiger partial charge is 0.343 e. The van der Waals surface area contributed by atoms with Crippen molar-refractivity contribution in [1.82, 2.24) is 0 Å². The Kier molecular flexibility index (Phi) is 5.77. The highest BCUT2D eigenvalue weighted by Crippen LogP contribution is 2.20. The van der Waals surface area contributed by atoms with Gasteiger partial charge in [0.15, 0.2) is 0 Å². The van der Waals surface area contributed by atoms with E-state index in [-0.39, 0.29) is 11.9 Å². The molecule has 0 aromatic heterocycles. The Labute approximate surface area is 140 Å². The van der Waals surface area contributed by atoms with Gasteiger partial charge in [0, 0.05) is 5.02 Å². The molecule has 1 unspecified atom stereocenters. The van der Waals surface area contributed by atoms with Gasteiger partial charge in [0.2, 0.25) is 0 Å². The molecule has 0 aliphatic carbocycles. The summed E-state index contributed by atoms with van der Waals surface area (Å²) in [5, 5.41) is 0.550. The first-order chi connectivity index (χ1) is 11.0. The van der Waals surface area contributed by atoms with Crippen molar-refractivity contribution in [2.75, 3.05) is 0 Å². The average molecular weight is 333 g/mol. The Hall–Kier alpha value is -2.33. The number of halogens is 1. The van der Waals surface area contributed by atoms with Crippen LogP contribution < -0.4 is 9.47 Å². The van der Waals surface area contributed by atoms with Crippen LogP contribution in [-0.2, 0) is 4.79 Å². The molecule has 5 heteroatoms. The molecule has 2 aromatic carbocycles. The van der Waals surface area contributed by atoms with E-state index in [4.69, 9.17) is 21.1 Å². The maximum Gasteiger partial charge on any atom is 0.343 e. The van der Waals surface area contributed by atoms with Gasteiger partial charge >= 0.3 is 11.9 Å². The molecule has 120 valence electrons. The molecule has 0 saturated carbocycles. The van der Waals surface area contributed by atoms with Gasteiger partial charge < -0.3 is 9.47 Å². The molecule has 4 nitrogen and oxygen atoms in total. The first-order valence-corrected chi connectivity index (χ1v) is 7.67. The minimum absolute atomic E-state index is 0.155. The SMILES string of the molecule is CCC(C)C(=O)Oc1ccc(OC(=O)c2ccc(Cl)cc2)cc1. The highest BCUT2D eigenvalue weighted by atomic mass is 35.5. The summed E-state index contributed by atoms with van der Waals surface area (Å²) in [4.78, 5) is 23.7. The average Bonchev–Trinajstić information content (AvgIpc) is 2.56. The summed E-state index contributed by atoms with van der Waals surface area (Å²) in [5.41, 5.74) is 0.404. The number of carbonyl (C=O) groups excluding carboxylic acids is 2. The number of benzene rings is 2. The van der Waals surface area contributed by atoms with E-state index in [2.05, 4.69) is 0 Å². The first kappa shape index (κ1) is 17.0. The standard InChI is InChI=1S/C18H17ClO4/c1-3-12(2)17(20)22-15-8-10-16(11-9-15)23-18(21)13-4-6-14(19)7-5-13/h4-12H,3H2,1-2H3. The maximum absolute atomic E-state index is 12.0. The van der Waals surface area contributed by atoms with Crippen LogP contribution in [0.1, 0.15) is 30.6 Å². The van der Waals surface area contributed by atoms with Crippen LogP contribution in [0.4, 0.5) is 0 Å². The normalized spacial score (nSPS) is 11.6. The van der Waals surface area contributed by atoms with E-state index in [1.54, 1.807) is 48.5 Å². The molecule has 2 aromatic rings. The molecule has 0 aliphatic rings. The topological polar surface area (TPSA) is 52.6 Å². The van der Waals surface area contributed by atoms with Gasteiger partial charge in [0.05, 0.1) is 11.5 Å². The molecule has 0 radical (unpaired) electrons. The molecular formula is C18H17ClO4. The zero-order valence-electron chi connectivity index (χ0n) is 12.9. The van der Waals surface area contributed by atoms with Crippen molar-refractivity contribution in [3.05, 3.63) is 59.1 Å². The molecule has 0 aliphatic heterocycles. The van der Waals surface area contributed by atoms with Crippen LogP contribution in [0.25, 0.3) is 0 Å². The molecule has 0 saturated heterocycles. The van der Waals surface area contributed by atoms with Gasteiger partial charge in [-0.1, -0.05) is 25.4 Å². The molecule has 1 atom stereocenters. The molecule has 0 N–H and O–H groups in total. The fourth-order valence-electron chi connectivity index (χ4n) is 1.71. The first-order valence-electron chi connectivity index (χ1n) is 7.29. The number of hydrogen-bond donors (Lipinski definition) is 0. The third kappa shape index (κ3) is 4.83. The monoisotopic (exact) mass is 332 g/mol. The van der Waals surface area contributed by atoms with Crippen molar-refractivity contribution in [3.8, 4) is 11.5 Å². The lowest BCUT2D eigenvalue weighted by molar-refractivity contribution is -0.138. The van der Waals surface area contributed by atoms with Gasteiger partial charge in [-0.2, -0.15) is 0 Å². The van der Waals surface area contributed by atoms with Crippen molar-refractivity contribution in [3.63, 3.8) is 0 Å². The Morgan fingerprint density at radius 1 is 0.957 bits per heavy atom. The van der Waals surface area contributed by atoms with Gasteiger partial charge in [0.25, 0.3) is 0 Å². The minimum Gasteiger partial charge on any atom is -0.426 e. The lowest BCUT2D eigenvalue weighted by Gasteiger charge is -2.09. The Morgan fingerprint density at radius 2 is 1.48 bits per heavy atom. The largest absolute Gasteiger partial charge is 0.426 e. The Balaban J connectivity index is 1.98. The highest BCUT2D eigenvalue weighted by Gasteiger charge is 2.13. The fourth-order valence-corrected chi connectivity index (χ4v) is 1.84. The second-order valence-electron chi connectivity index (χ2n) is 5.10. The maximum atomic E-state index is 12.0. The predicted molar refractivity (Wildman–Crippen MR) is 87.9 cm³/mol. The van der Waals surface area contributed by atoms with Crippen LogP contribution in [-0.4, -0.2) is 11.9 Å². The zero-order chi connectivity index (χ0) is 16.8. The lowest BCUT2D eigenvalue weighted by Crippen LogP contribution is -2.16. The van der Waals surface area contributed by atoms with Crippen LogP contribution >= 0.6 is 11.6 Å². The number of esters is 2. The van der Waals surface area contributed by atoms with Crippen molar-refractivity contribution in [1.29, 1.82) is 0 Å². The van der Waals surface area contributed by atoms with Gasteiger partial charge in [-0.05, 0) is 55.0 Å². The van der Waals surface area contributed by atoms with Gasteiger partial charge in [0.1, 0.15) is 11.5 Å². The van der Waals surface area contributed by atoms with Crippen LogP contribution in [0.2, 0.25) is 5.02 Å². The van der Waals surface area contributed by atoms with E-state index in [1.165, 1.54) is 0 Å². The Bertz CT molecular complexity index is 677.